The maximum absolute atomic E-state index is 12.9. The molecule has 2 heterocycles. The number of nitrogens with zero attached hydrogens (tertiary/aromatic N) is 6. The third-order valence-electron chi connectivity index (χ3n) is 3.73. The van der Waals surface area contributed by atoms with Crippen LogP contribution in [0.3, 0.4) is 0 Å². The number of benzene rings is 1. The Kier molecular flexibility index (Phi) is 4.85. The minimum absolute atomic E-state index is 0.112. The largest absolute Gasteiger partial charge is 0.416 e. The van der Waals surface area contributed by atoms with Crippen molar-refractivity contribution >= 4 is 29.0 Å². The number of aromatic nitrogens is 4. The molecule has 3 N–H and O–H groups in total. The second kappa shape index (κ2) is 7.02. The van der Waals surface area contributed by atoms with Gasteiger partial charge in [-0.2, -0.15) is 34.1 Å². The number of anilines is 1. The lowest BCUT2D eigenvalue weighted by molar-refractivity contribution is -0.137. The zero-order valence-corrected chi connectivity index (χ0v) is 15.3. The molecule has 0 amide bonds. The smallest absolute Gasteiger partial charge is 0.382 e. The molecule has 3 rings (SSSR count). The predicted octanol–water partition coefficient (Wildman–Crippen LogP) is 3.79. The Morgan fingerprint density at radius 2 is 1.69 bits per heavy atom. The van der Waals surface area contributed by atoms with Gasteiger partial charge in [-0.15, -0.1) is 0 Å². The number of nitrogens with two attached hydrogens (primary N) is 1. The van der Waals surface area contributed by atoms with E-state index in [-0.39, 0.29) is 40.0 Å². The summed E-state index contributed by atoms with van der Waals surface area (Å²) in [5.74, 6) is -0.390. The first-order valence-corrected chi connectivity index (χ1v) is 8.13. The Morgan fingerprint density at radius 1 is 1.07 bits per heavy atom. The monoisotopic (exact) mass is 436 g/mol. The van der Waals surface area contributed by atoms with Gasteiger partial charge in [0, 0.05) is 0 Å². The third kappa shape index (κ3) is 3.32. The molecule has 0 aliphatic heterocycles. The number of nitrogen functional groups attached to an aromatic ring is 1. The topological polar surface area (TPSA) is 144 Å². The van der Waals surface area contributed by atoms with Gasteiger partial charge in [-0.1, -0.05) is 23.2 Å². The molecule has 29 heavy (non-hydrogen) atoms. The Bertz CT molecular complexity index is 1210. The van der Waals surface area contributed by atoms with Crippen molar-refractivity contribution in [2.24, 2.45) is 0 Å². The summed E-state index contributed by atoms with van der Waals surface area (Å²) < 4.78 is 39.7. The number of hydrogen-bond donors (Lipinski definition) is 2. The van der Waals surface area contributed by atoms with Gasteiger partial charge in [-0.05, 0) is 12.1 Å². The molecule has 0 atom stereocenters. The van der Waals surface area contributed by atoms with E-state index >= 15 is 0 Å². The van der Waals surface area contributed by atoms with Crippen molar-refractivity contribution in [2.45, 2.75) is 6.18 Å². The van der Waals surface area contributed by atoms with Gasteiger partial charge in [-0.3, -0.25) is 0 Å². The molecule has 0 spiro atoms. The first kappa shape index (κ1) is 20.0. The number of H-pyrrole nitrogens is 1. The molecule has 2 aromatic heterocycles. The Morgan fingerprint density at radius 3 is 2.14 bits per heavy atom. The number of hydrogen-bond acceptors (Lipinski definition) is 6. The molecule has 0 aliphatic carbocycles. The Labute approximate surface area is 170 Å². The standard InChI is InChI=1S/C16H5Cl2F3N8/c17-8-1-6(16(19,20)21)2-9(18)13(8)29-14(25)7(3-22)12(28-29)15-26-10(4-23)11(5-24)27-15/h1-2H,25H2,(H,26,27). The van der Waals surface area contributed by atoms with Crippen LogP contribution < -0.4 is 5.73 Å². The summed E-state index contributed by atoms with van der Waals surface area (Å²) in [4.78, 5) is 6.41. The maximum atomic E-state index is 12.9. The lowest BCUT2D eigenvalue weighted by atomic mass is 10.2. The van der Waals surface area contributed by atoms with Crippen molar-refractivity contribution in [3.05, 3.63) is 44.7 Å². The molecule has 0 saturated heterocycles. The van der Waals surface area contributed by atoms with Crippen molar-refractivity contribution in [1.29, 1.82) is 15.8 Å². The van der Waals surface area contributed by atoms with Gasteiger partial charge in [0.1, 0.15) is 41.0 Å². The summed E-state index contributed by atoms with van der Waals surface area (Å²) in [6, 6.07) is 6.51. The minimum Gasteiger partial charge on any atom is -0.382 e. The van der Waals surface area contributed by atoms with E-state index in [4.69, 9.17) is 39.5 Å². The van der Waals surface area contributed by atoms with Crippen LogP contribution in [0, 0.1) is 34.0 Å². The summed E-state index contributed by atoms with van der Waals surface area (Å²) in [7, 11) is 0. The molecule has 0 radical (unpaired) electrons. The van der Waals surface area contributed by atoms with Crippen LogP contribution in [0.5, 0.6) is 0 Å². The van der Waals surface area contributed by atoms with E-state index in [0.29, 0.717) is 12.1 Å². The third-order valence-corrected chi connectivity index (χ3v) is 4.31. The van der Waals surface area contributed by atoms with Gasteiger partial charge in [-0.25, -0.2) is 9.67 Å². The number of rotatable bonds is 2. The van der Waals surface area contributed by atoms with Gasteiger partial charge in [0.2, 0.25) is 0 Å². The number of imidazole rings is 1. The summed E-state index contributed by atoms with van der Waals surface area (Å²) in [5, 5.41) is 30.7. The molecule has 0 bridgehead atoms. The average Bonchev–Trinajstić information content (AvgIpc) is 3.21. The van der Waals surface area contributed by atoms with Crippen molar-refractivity contribution in [3.63, 3.8) is 0 Å². The van der Waals surface area contributed by atoms with E-state index in [1.54, 1.807) is 18.2 Å². The highest BCUT2D eigenvalue weighted by atomic mass is 35.5. The minimum atomic E-state index is -4.68. The van der Waals surface area contributed by atoms with Crippen LogP contribution in [0.1, 0.15) is 22.5 Å². The number of alkyl halides is 3. The number of halogens is 5. The molecule has 144 valence electrons. The summed E-state index contributed by atoms with van der Waals surface area (Å²) in [6.07, 6.45) is -4.68. The predicted molar refractivity (Wildman–Crippen MR) is 94.7 cm³/mol. The van der Waals surface area contributed by atoms with Gasteiger partial charge in [0.15, 0.2) is 17.2 Å². The molecule has 8 nitrogen and oxygen atoms in total. The molecular formula is C16H5Cl2F3N8. The second-order valence-electron chi connectivity index (χ2n) is 5.45. The fourth-order valence-corrected chi connectivity index (χ4v) is 3.10. The van der Waals surface area contributed by atoms with Gasteiger partial charge in [0.05, 0.1) is 15.6 Å². The zero-order chi connectivity index (χ0) is 21.5. The van der Waals surface area contributed by atoms with Crippen molar-refractivity contribution < 1.29 is 13.2 Å². The highest BCUT2D eigenvalue weighted by molar-refractivity contribution is 6.38. The molecule has 1 aromatic carbocycles. The Hall–Kier alpha value is -3.72. The average molecular weight is 437 g/mol. The van der Waals surface area contributed by atoms with E-state index in [2.05, 4.69) is 15.1 Å². The molecule has 3 aromatic rings. The molecular weight excluding hydrogens is 432 g/mol. The van der Waals surface area contributed by atoms with Crippen LogP contribution in [-0.2, 0) is 6.18 Å². The lowest BCUT2D eigenvalue weighted by Gasteiger charge is -2.13. The fraction of sp³-hybridized carbons (Fsp3) is 0.0625. The molecule has 0 fully saturated rings. The maximum Gasteiger partial charge on any atom is 0.416 e. The van der Waals surface area contributed by atoms with E-state index in [1.807, 2.05) is 0 Å². The Balaban J connectivity index is 2.25. The van der Waals surface area contributed by atoms with Crippen LogP contribution in [0.4, 0.5) is 19.0 Å². The van der Waals surface area contributed by atoms with E-state index in [9.17, 15) is 18.4 Å². The highest BCUT2D eigenvalue weighted by Crippen LogP contribution is 2.39. The van der Waals surface area contributed by atoms with Crippen LogP contribution in [-0.4, -0.2) is 19.7 Å². The van der Waals surface area contributed by atoms with Crippen LogP contribution in [0.25, 0.3) is 17.2 Å². The van der Waals surface area contributed by atoms with Crippen molar-refractivity contribution in [3.8, 4) is 35.4 Å². The normalized spacial score (nSPS) is 11.0. The zero-order valence-electron chi connectivity index (χ0n) is 13.8. The summed E-state index contributed by atoms with van der Waals surface area (Å²) in [5.41, 5.74) is 3.91. The van der Waals surface area contributed by atoms with Crippen LogP contribution in [0.15, 0.2) is 12.1 Å². The first-order chi connectivity index (χ1) is 13.6. The van der Waals surface area contributed by atoms with Crippen LogP contribution >= 0.6 is 23.2 Å². The van der Waals surface area contributed by atoms with E-state index in [1.165, 1.54) is 0 Å². The van der Waals surface area contributed by atoms with Crippen molar-refractivity contribution in [1.82, 2.24) is 19.7 Å². The van der Waals surface area contributed by atoms with Crippen molar-refractivity contribution in [2.75, 3.05) is 5.73 Å². The highest BCUT2D eigenvalue weighted by Gasteiger charge is 2.33. The molecule has 0 unspecified atom stereocenters. The SMILES string of the molecule is N#Cc1nc(-c2nn(-c3c(Cl)cc(C(F)(F)F)cc3Cl)c(N)c2C#N)[nH]c1C#N. The van der Waals surface area contributed by atoms with Gasteiger partial charge >= 0.3 is 6.18 Å². The molecule has 0 aliphatic rings. The first-order valence-electron chi connectivity index (χ1n) is 7.38. The van der Waals surface area contributed by atoms with Crippen LogP contribution in [0.2, 0.25) is 10.0 Å². The van der Waals surface area contributed by atoms with E-state index in [0.717, 1.165) is 4.68 Å². The number of aromatic amines is 1. The summed E-state index contributed by atoms with van der Waals surface area (Å²) in [6.45, 7) is 0. The number of nitriles is 3. The number of nitrogens with one attached hydrogen (secondary N) is 1. The fourth-order valence-electron chi connectivity index (χ4n) is 2.46. The quantitative estimate of drug-likeness (QED) is 0.624. The van der Waals surface area contributed by atoms with Gasteiger partial charge in [0.25, 0.3) is 0 Å². The second-order valence-corrected chi connectivity index (χ2v) is 6.27. The van der Waals surface area contributed by atoms with E-state index < -0.39 is 21.8 Å². The molecule has 13 heteroatoms. The van der Waals surface area contributed by atoms with Gasteiger partial charge < -0.3 is 10.7 Å². The molecule has 0 saturated carbocycles. The lowest BCUT2D eigenvalue weighted by Crippen LogP contribution is -2.08. The summed E-state index contributed by atoms with van der Waals surface area (Å²) >= 11 is 12.0.